The number of benzene rings is 1. The van der Waals surface area contributed by atoms with E-state index in [1.807, 2.05) is 0 Å². The summed E-state index contributed by atoms with van der Waals surface area (Å²) in [5.74, 6) is -0.428. The second-order valence-electron chi connectivity index (χ2n) is 2.13. The van der Waals surface area contributed by atoms with Crippen molar-refractivity contribution in [3.63, 3.8) is 0 Å². The van der Waals surface area contributed by atoms with Crippen LogP contribution in [0, 0.1) is 0 Å². The molecule has 0 aliphatic heterocycles. The molecule has 0 saturated heterocycles. The molecule has 0 unspecified atom stereocenters. The lowest BCUT2D eigenvalue weighted by Crippen LogP contribution is -1.71. The minimum Gasteiger partial charge on any atom is -0.504 e. The Hall–Kier alpha value is -1.71. The normalized spacial score (nSPS) is 10.5. The monoisotopic (exact) mass is 151 g/mol. The Balaban J connectivity index is 2.93. The average Bonchev–Trinajstić information content (AvgIpc) is 2.45. The summed E-state index contributed by atoms with van der Waals surface area (Å²) in [6, 6.07) is 2.89. The van der Waals surface area contributed by atoms with Crippen LogP contribution >= 0.6 is 0 Å². The van der Waals surface area contributed by atoms with Crippen LogP contribution in [-0.4, -0.2) is 15.2 Å². The molecule has 2 rings (SSSR count). The molecule has 1 aromatic carbocycles. The summed E-state index contributed by atoms with van der Waals surface area (Å²) in [7, 11) is 0. The fraction of sp³-hybridized carbons (Fsp3) is 0. The lowest BCUT2D eigenvalue weighted by Gasteiger charge is -1.94. The molecule has 0 aliphatic carbocycles. The Labute approximate surface area is 61.7 Å². The number of aromatic hydroxyl groups is 2. The highest BCUT2D eigenvalue weighted by Gasteiger charge is 2.07. The van der Waals surface area contributed by atoms with Crippen LogP contribution in [0.5, 0.6) is 11.5 Å². The topological polar surface area (TPSA) is 66.5 Å². The number of fused-ring (bicyclic) bond motifs is 1. The fourth-order valence-corrected chi connectivity index (χ4v) is 0.906. The van der Waals surface area contributed by atoms with Crippen LogP contribution in [0.4, 0.5) is 0 Å². The van der Waals surface area contributed by atoms with Crippen molar-refractivity contribution in [1.29, 1.82) is 0 Å². The predicted octanol–water partition coefficient (Wildman–Crippen LogP) is 1.24. The first-order valence-corrected chi connectivity index (χ1v) is 3.03. The van der Waals surface area contributed by atoms with E-state index in [2.05, 4.69) is 4.98 Å². The number of hydrogen-bond acceptors (Lipinski definition) is 4. The van der Waals surface area contributed by atoms with Crippen molar-refractivity contribution < 1.29 is 14.6 Å². The summed E-state index contributed by atoms with van der Waals surface area (Å²) in [4.78, 5) is 3.70. The number of phenols is 2. The zero-order valence-electron chi connectivity index (χ0n) is 5.48. The second kappa shape index (κ2) is 1.88. The van der Waals surface area contributed by atoms with Crippen LogP contribution in [0.3, 0.4) is 0 Å². The number of phenolic OH excluding ortho intramolecular Hbond substituents is 2. The van der Waals surface area contributed by atoms with E-state index in [1.165, 1.54) is 18.5 Å². The third-order valence-electron chi connectivity index (χ3n) is 1.45. The molecule has 0 aliphatic rings. The molecule has 1 aromatic heterocycles. The molecule has 0 atom stereocenters. The molecular weight excluding hydrogens is 146 g/mol. The first-order valence-electron chi connectivity index (χ1n) is 3.03. The Morgan fingerprint density at radius 1 is 1.27 bits per heavy atom. The molecule has 11 heavy (non-hydrogen) atoms. The van der Waals surface area contributed by atoms with E-state index in [0.717, 1.165) is 0 Å². The summed E-state index contributed by atoms with van der Waals surface area (Å²) >= 11 is 0. The summed E-state index contributed by atoms with van der Waals surface area (Å²) in [6.07, 6.45) is 1.21. The van der Waals surface area contributed by atoms with Crippen molar-refractivity contribution in [2.24, 2.45) is 0 Å². The molecule has 2 N–H and O–H groups in total. The number of rotatable bonds is 0. The van der Waals surface area contributed by atoms with Gasteiger partial charge in [0.2, 0.25) is 0 Å². The molecule has 56 valence electrons. The third-order valence-corrected chi connectivity index (χ3v) is 1.45. The summed E-state index contributed by atoms with van der Waals surface area (Å²) < 4.78 is 4.87. The molecule has 0 bridgehead atoms. The minimum absolute atomic E-state index is 0.189. The van der Waals surface area contributed by atoms with Gasteiger partial charge in [0.15, 0.2) is 29.0 Å². The maximum Gasteiger partial charge on any atom is 0.187 e. The average molecular weight is 151 g/mol. The molecule has 0 fully saturated rings. The van der Waals surface area contributed by atoms with Gasteiger partial charge in [-0.2, -0.15) is 0 Å². The quantitative estimate of drug-likeness (QED) is 0.556. The van der Waals surface area contributed by atoms with Crippen molar-refractivity contribution in [3.05, 3.63) is 18.5 Å². The van der Waals surface area contributed by atoms with Crippen molar-refractivity contribution in [3.8, 4) is 11.5 Å². The fourth-order valence-electron chi connectivity index (χ4n) is 0.906. The van der Waals surface area contributed by atoms with Gasteiger partial charge >= 0.3 is 0 Å². The molecule has 2 aromatic rings. The van der Waals surface area contributed by atoms with E-state index in [9.17, 15) is 5.11 Å². The summed E-state index contributed by atoms with van der Waals surface area (Å²) in [5.41, 5.74) is 0.741. The number of hydrogen-bond donors (Lipinski definition) is 2. The number of nitrogens with zero attached hydrogens (tertiary/aromatic N) is 1. The van der Waals surface area contributed by atoms with E-state index in [-0.39, 0.29) is 17.0 Å². The van der Waals surface area contributed by atoms with Crippen molar-refractivity contribution >= 4 is 11.1 Å². The van der Waals surface area contributed by atoms with Gasteiger partial charge in [0.25, 0.3) is 0 Å². The van der Waals surface area contributed by atoms with Gasteiger partial charge in [-0.3, -0.25) is 0 Å². The van der Waals surface area contributed by atoms with Crippen LogP contribution < -0.4 is 0 Å². The molecule has 1 heterocycles. The van der Waals surface area contributed by atoms with Crippen LogP contribution in [0.25, 0.3) is 11.1 Å². The Morgan fingerprint density at radius 3 is 2.91 bits per heavy atom. The van der Waals surface area contributed by atoms with Gasteiger partial charge in [-0.1, -0.05) is 0 Å². The highest BCUT2D eigenvalue weighted by molar-refractivity contribution is 5.81. The van der Waals surface area contributed by atoms with Gasteiger partial charge in [-0.15, -0.1) is 0 Å². The van der Waals surface area contributed by atoms with E-state index in [1.54, 1.807) is 0 Å². The zero-order chi connectivity index (χ0) is 7.84. The van der Waals surface area contributed by atoms with Crippen molar-refractivity contribution in [2.75, 3.05) is 0 Å². The first-order chi connectivity index (χ1) is 5.29. The van der Waals surface area contributed by atoms with Gasteiger partial charge in [-0.05, 0) is 12.1 Å². The van der Waals surface area contributed by atoms with Crippen LogP contribution in [-0.2, 0) is 0 Å². The third kappa shape index (κ3) is 0.724. The molecular formula is C7H5NO3. The van der Waals surface area contributed by atoms with Gasteiger partial charge in [-0.25, -0.2) is 4.98 Å². The molecule has 0 spiro atoms. The van der Waals surface area contributed by atoms with Crippen molar-refractivity contribution in [1.82, 2.24) is 4.98 Å². The largest absolute Gasteiger partial charge is 0.504 e. The molecule has 4 nitrogen and oxygen atoms in total. The highest BCUT2D eigenvalue weighted by Crippen LogP contribution is 2.31. The van der Waals surface area contributed by atoms with E-state index < -0.39 is 0 Å². The lowest BCUT2D eigenvalue weighted by molar-refractivity contribution is 0.407. The van der Waals surface area contributed by atoms with E-state index in [4.69, 9.17) is 9.52 Å². The SMILES string of the molecule is Oc1ccc2ocnc2c1O. The summed E-state index contributed by atoms with van der Waals surface area (Å²) in [5, 5.41) is 18.2. The van der Waals surface area contributed by atoms with Gasteiger partial charge in [0, 0.05) is 0 Å². The van der Waals surface area contributed by atoms with Crippen LogP contribution in [0.15, 0.2) is 22.9 Å². The molecule has 0 amide bonds. The smallest absolute Gasteiger partial charge is 0.187 e. The zero-order valence-corrected chi connectivity index (χ0v) is 5.48. The maximum atomic E-state index is 9.17. The second-order valence-corrected chi connectivity index (χ2v) is 2.13. The Morgan fingerprint density at radius 2 is 2.09 bits per heavy atom. The summed E-state index contributed by atoms with van der Waals surface area (Å²) in [6.45, 7) is 0. The molecule has 0 radical (unpaired) electrons. The Bertz CT molecular complexity index is 393. The lowest BCUT2D eigenvalue weighted by atomic mass is 10.3. The number of aromatic nitrogens is 1. The van der Waals surface area contributed by atoms with E-state index >= 15 is 0 Å². The predicted molar refractivity (Wildman–Crippen MR) is 37.3 cm³/mol. The van der Waals surface area contributed by atoms with E-state index in [0.29, 0.717) is 5.58 Å². The maximum absolute atomic E-state index is 9.17. The van der Waals surface area contributed by atoms with Crippen molar-refractivity contribution in [2.45, 2.75) is 0 Å². The van der Waals surface area contributed by atoms with Gasteiger partial charge < -0.3 is 14.6 Å². The van der Waals surface area contributed by atoms with Gasteiger partial charge in [0.1, 0.15) is 0 Å². The standard InChI is InChI=1S/C7H5NO3/c9-4-1-2-5-6(7(4)10)8-3-11-5/h1-3,9-10H. The highest BCUT2D eigenvalue weighted by atomic mass is 16.3. The van der Waals surface area contributed by atoms with Crippen LogP contribution in [0.2, 0.25) is 0 Å². The molecule has 4 heteroatoms. The molecule has 0 saturated carbocycles. The van der Waals surface area contributed by atoms with Gasteiger partial charge in [0.05, 0.1) is 0 Å². The Kier molecular flexibility index (Phi) is 1.03. The number of oxazole rings is 1. The van der Waals surface area contributed by atoms with Crippen LogP contribution in [0.1, 0.15) is 0 Å². The minimum atomic E-state index is -0.240. The first kappa shape index (κ1) is 6.03.